The molecule has 0 aliphatic rings. The van der Waals surface area contributed by atoms with E-state index in [1.54, 1.807) is 28.6 Å². The molecular weight excluding hydrogens is 156 g/mol. The van der Waals surface area contributed by atoms with Gasteiger partial charge >= 0.3 is 0 Å². The lowest BCUT2D eigenvalue weighted by Gasteiger charge is -1.98. The zero-order valence-corrected chi connectivity index (χ0v) is 6.65. The SMILES string of the molecule is CNn1cnn2c(N)cc(N)c12. The van der Waals surface area contributed by atoms with Gasteiger partial charge in [-0.3, -0.25) is 0 Å². The van der Waals surface area contributed by atoms with Gasteiger partial charge in [-0.2, -0.15) is 9.61 Å². The molecule has 2 rings (SSSR count). The van der Waals surface area contributed by atoms with Crippen molar-refractivity contribution in [2.24, 2.45) is 0 Å². The van der Waals surface area contributed by atoms with Crippen molar-refractivity contribution in [3.05, 3.63) is 12.4 Å². The molecule has 12 heavy (non-hydrogen) atoms. The normalized spacial score (nSPS) is 10.8. The number of nitrogens with one attached hydrogen (secondary N) is 1. The molecule has 0 amide bonds. The van der Waals surface area contributed by atoms with Crippen LogP contribution in [-0.2, 0) is 0 Å². The van der Waals surface area contributed by atoms with Gasteiger partial charge in [0.2, 0.25) is 0 Å². The maximum atomic E-state index is 5.70. The van der Waals surface area contributed by atoms with Gasteiger partial charge in [-0.15, -0.1) is 0 Å². The summed E-state index contributed by atoms with van der Waals surface area (Å²) in [4.78, 5) is 0. The summed E-state index contributed by atoms with van der Waals surface area (Å²) in [5, 5.41) is 4.02. The van der Waals surface area contributed by atoms with Crippen molar-refractivity contribution in [3.8, 4) is 0 Å². The third-order valence-corrected chi connectivity index (χ3v) is 1.76. The number of anilines is 2. The maximum Gasteiger partial charge on any atom is 0.179 e. The monoisotopic (exact) mass is 166 g/mol. The summed E-state index contributed by atoms with van der Waals surface area (Å²) in [5.41, 5.74) is 15.6. The molecule has 6 nitrogen and oxygen atoms in total. The molecule has 0 bridgehead atoms. The van der Waals surface area contributed by atoms with Crippen molar-refractivity contribution < 1.29 is 0 Å². The molecular formula is C6H10N6. The molecule has 0 aliphatic carbocycles. The van der Waals surface area contributed by atoms with E-state index in [4.69, 9.17) is 11.5 Å². The van der Waals surface area contributed by atoms with Crippen molar-refractivity contribution in [3.63, 3.8) is 0 Å². The highest BCUT2D eigenvalue weighted by Crippen LogP contribution is 2.18. The fraction of sp³-hybridized carbons (Fsp3) is 0.167. The number of nitrogens with zero attached hydrogens (tertiary/aromatic N) is 3. The Morgan fingerprint density at radius 1 is 1.50 bits per heavy atom. The molecule has 0 fully saturated rings. The van der Waals surface area contributed by atoms with Gasteiger partial charge < -0.3 is 16.9 Å². The largest absolute Gasteiger partial charge is 0.396 e. The first-order valence-electron chi connectivity index (χ1n) is 3.52. The summed E-state index contributed by atoms with van der Waals surface area (Å²) >= 11 is 0. The second kappa shape index (κ2) is 2.07. The summed E-state index contributed by atoms with van der Waals surface area (Å²) in [7, 11) is 1.78. The zero-order chi connectivity index (χ0) is 8.72. The highest BCUT2D eigenvalue weighted by Gasteiger charge is 2.08. The quantitative estimate of drug-likeness (QED) is 0.531. The minimum Gasteiger partial charge on any atom is -0.396 e. The molecule has 6 heteroatoms. The second-order valence-corrected chi connectivity index (χ2v) is 2.48. The molecule has 0 saturated heterocycles. The first kappa shape index (κ1) is 6.84. The van der Waals surface area contributed by atoms with Crippen molar-refractivity contribution in [1.82, 2.24) is 14.3 Å². The van der Waals surface area contributed by atoms with E-state index in [-0.39, 0.29) is 0 Å². The van der Waals surface area contributed by atoms with Gasteiger partial charge in [0.1, 0.15) is 12.1 Å². The Bertz CT molecular complexity index is 411. The van der Waals surface area contributed by atoms with E-state index in [0.717, 1.165) is 5.65 Å². The smallest absolute Gasteiger partial charge is 0.179 e. The van der Waals surface area contributed by atoms with Crippen LogP contribution in [0.3, 0.4) is 0 Å². The van der Waals surface area contributed by atoms with Gasteiger partial charge in [0.05, 0.1) is 5.69 Å². The molecule has 64 valence electrons. The van der Waals surface area contributed by atoms with E-state index in [1.807, 2.05) is 0 Å². The lowest BCUT2D eigenvalue weighted by molar-refractivity contribution is 0.952. The number of aromatic nitrogens is 3. The van der Waals surface area contributed by atoms with Crippen LogP contribution in [0.5, 0.6) is 0 Å². The van der Waals surface area contributed by atoms with Crippen molar-refractivity contribution in [2.45, 2.75) is 0 Å². The highest BCUT2D eigenvalue weighted by molar-refractivity contribution is 5.72. The van der Waals surface area contributed by atoms with Crippen LogP contribution in [0.15, 0.2) is 12.4 Å². The molecule has 5 N–H and O–H groups in total. The van der Waals surface area contributed by atoms with E-state index in [2.05, 4.69) is 10.5 Å². The van der Waals surface area contributed by atoms with Gasteiger partial charge in [0.25, 0.3) is 0 Å². The van der Waals surface area contributed by atoms with Gasteiger partial charge in [-0.05, 0) is 0 Å². The summed E-state index contributed by atoms with van der Waals surface area (Å²) in [6.45, 7) is 0. The Morgan fingerprint density at radius 2 is 2.25 bits per heavy atom. The molecule has 0 aromatic carbocycles. The maximum absolute atomic E-state index is 5.70. The predicted molar refractivity (Wildman–Crippen MR) is 47.3 cm³/mol. The fourth-order valence-electron chi connectivity index (χ4n) is 1.21. The molecule has 0 spiro atoms. The lowest BCUT2D eigenvalue weighted by atomic mass is 10.5. The number of nitrogens with two attached hydrogens (primary N) is 2. The third-order valence-electron chi connectivity index (χ3n) is 1.76. The minimum atomic E-state index is 0.538. The molecule has 2 aromatic heterocycles. The number of rotatable bonds is 1. The Morgan fingerprint density at radius 3 is 2.92 bits per heavy atom. The van der Waals surface area contributed by atoms with Crippen LogP contribution in [0.1, 0.15) is 0 Å². The van der Waals surface area contributed by atoms with Crippen LogP contribution >= 0.6 is 0 Å². The molecule has 0 atom stereocenters. The van der Waals surface area contributed by atoms with E-state index in [9.17, 15) is 0 Å². The number of hydrogen-bond acceptors (Lipinski definition) is 4. The molecule has 2 heterocycles. The number of nitrogen functional groups attached to an aromatic ring is 2. The van der Waals surface area contributed by atoms with Crippen molar-refractivity contribution in [2.75, 3.05) is 23.9 Å². The lowest BCUT2D eigenvalue weighted by Crippen LogP contribution is -2.07. The molecule has 0 unspecified atom stereocenters. The number of hydrogen-bond donors (Lipinski definition) is 3. The van der Waals surface area contributed by atoms with Crippen LogP contribution in [0.25, 0.3) is 5.65 Å². The molecule has 0 saturated carbocycles. The van der Waals surface area contributed by atoms with Gasteiger partial charge in [0.15, 0.2) is 5.65 Å². The summed E-state index contributed by atoms with van der Waals surface area (Å²) in [6.07, 6.45) is 1.61. The van der Waals surface area contributed by atoms with Crippen molar-refractivity contribution in [1.29, 1.82) is 0 Å². The van der Waals surface area contributed by atoms with E-state index >= 15 is 0 Å². The third kappa shape index (κ3) is 0.659. The van der Waals surface area contributed by atoms with E-state index < -0.39 is 0 Å². The molecule has 2 aromatic rings. The standard InChI is InChI=1S/C6H10N6/c1-9-11-3-10-12-5(8)2-4(7)6(11)12/h2-3,9H,7-8H2,1H3. The Kier molecular flexibility index (Phi) is 1.18. The minimum absolute atomic E-state index is 0.538. The summed E-state index contributed by atoms with van der Waals surface area (Å²) in [6, 6.07) is 1.68. The van der Waals surface area contributed by atoms with Crippen LogP contribution in [0, 0.1) is 0 Å². The average Bonchev–Trinajstić information content (AvgIpc) is 2.55. The molecule has 0 aliphatic heterocycles. The number of fused-ring (bicyclic) bond motifs is 1. The van der Waals surface area contributed by atoms with Crippen LogP contribution in [0.4, 0.5) is 11.5 Å². The first-order valence-corrected chi connectivity index (χ1v) is 3.52. The van der Waals surface area contributed by atoms with Crippen LogP contribution in [-0.4, -0.2) is 21.3 Å². The Labute approximate surface area is 68.7 Å². The van der Waals surface area contributed by atoms with Gasteiger partial charge in [0, 0.05) is 13.1 Å². The van der Waals surface area contributed by atoms with Crippen LogP contribution in [0.2, 0.25) is 0 Å². The van der Waals surface area contributed by atoms with E-state index in [1.165, 1.54) is 0 Å². The summed E-state index contributed by atoms with van der Waals surface area (Å²) < 4.78 is 3.28. The first-order chi connectivity index (χ1) is 5.74. The van der Waals surface area contributed by atoms with Crippen LogP contribution < -0.4 is 16.9 Å². The summed E-state index contributed by atoms with van der Waals surface area (Å²) in [5.74, 6) is 0.538. The van der Waals surface area contributed by atoms with Gasteiger partial charge in [-0.25, -0.2) is 4.68 Å². The molecule has 0 radical (unpaired) electrons. The zero-order valence-electron chi connectivity index (χ0n) is 6.65. The topological polar surface area (TPSA) is 86.3 Å². The van der Waals surface area contributed by atoms with Crippen molar-refractivity contribution >= 4 is 17.2 Å². The average molecular weight is 166 g/mol. The second-order valence-electron chi connectivity index (χ2n) is 2.48. The van der Waals surface area contributed by atoms with E-state index in [0.29, 0.717) is 11.5 Å². The predicted octanol–water partition coefficient (Wildman–Crippen LogP) is -0.527. The fourth-order valence-corrected chi connectivity index (χ4v) is 1.21. The van der Waals surface area contributed by atoms with Gasteiger partial charge in [-0.1, -0.05) is 0 Å². The highest BCUT2D eigenvalue weighted by atomic mass is 15.5. The Hall–Kier alpha value is -1.85. The Balaban J connectivity index is 2.84.